The summed E-state index contributed by atoms with van der Waals surface area (Å²) in [5.74, 6) is 0.515. The molecule has 0 radical (unpaired) electrons. The molecule has 0 bridgehead atoms. The highest BCUT2D eigenvalue weighted by atomic mass is 35.5. The molecule has 1 unspecified atom stereocenters. The molecule has 27 heavy (non-hydrogen) atoms. The maximum Gasteiger partial charge on any atom is 0.251 e. The van der Waals surface area contributed by atoms with Crippen LogP contribution in [0.5, 0.6) is 0 Å². The minimum Gasteiger partial charge on any atom is -0.356 e. The number of carbonyl (C=O) groups excluding carboxylic acids is 2. The Hall–Kier alpha value is -2.11. The number of fused-ring (bicyclic) bond motifs is 1. The Bertz CT molecular complexity index is 760. The van der Waals surface area contributed by atoms with Gasteiger partial charge in [-0.05, 0) is 61.2 Å². The molecule has 1 heterocycles. The van der Waals surface area contributed by atoms with Crippen LogP contribution >= 0.6 is 12.4 Å². The van der Waals surface area contributed by atoms with E-state index in [1.807, 2.05) is 42.5 Å². The molecule has 5 nitrogen and oxygen atoms in total. The molecule has 0 aliphatic carbocycles. The topological polar surface area (TPSA) is 70.2 Å². The molecule has 1 aliphatic heterocycles. The number of amides is 2. The van der Waals surface area contributed by atoms with E-state index in [2.05, 4.69) is 16.0 Å². The Kier molecular flexibility index (Phi) is 8.55. The lowest BCUT2D eigenvalue weighted by atomic mass is 9.96. The van der Waals surface area contributed by atoms with Crippen molar-refractivity contribution < 1.29 is 9.59 Å². The third-order valence-corrected chi connectivity index (χ3v) is 4.92. The molecule has 146 valence electrons. The van der Waals surface area contributed by atoms with Crippen LogP contribution in [-0.4, -0.2) is 38.0 Å². The number of nitrogens with one attached hydrogen (secondary N) is 3. The molecule has 3 N–H and O–H groups in total. The van der Waals surface area contributed by atoms with Gasteiger partial charge >= 0.3 is 0 Å². The maximum atomic E-state index is 12.2. The molecule has 2 aromatic rings. The van der Waals surface area contributed by atoms with Gasteiger partial charge in [-0.15, -0.1) is 12.4 Å². The van der Waals surface area contributed by atoms with Crippen molar-refractivity contribution in [3.63, 3.8) is 0 Å². The normalized spacial score (nSPS) is 16.4. The van der Waals surface area contributed by atoms with Crippen LogP contribution in [0.1, 0.15) is 36.0 Å². The van der Waals surface area contributed by atoms with Crippen molar-refractivity contribution in [3.05, 3.63) is 48.0 Å². The number of hydrogen-bond donors (Lipinski definition) is 3. The van der Waals surface area contributed by atoms with Crippen molar-refractivity contribution in [2.24, 2.45) is 5.92 Å². The molecule has 3 rings (SSSR count). The predicted octanol–water partition coefficient (Wildman–Crippen LogP) is 2.89. The average Bonchev–Trinajstić information content (AvgIpc) is 2.68. The largest absolute Gasteiger partial charge is 0.356 e. The van der Waals surface area contributed by atoms with E-state index in [9.17, 15) is 9.59 Å². The van der Waals surface area contributed by atoms with Gasteiger partial charge < -0.3 is 16.0 Å². The zero-order valence-corrected chi connectivity index (χ0v) is 16.3. The summed E-state index contributed by atoms with van der Waals surface area (Å²) >= 11 is 0. The fraction of sp³-hybridized carbons (Fsp3) is 0.429. The molecule has 2 amide bonds. The van der Waals surface area contributed by atoms with E-state index >= 15 is 0 Å². The van der Waals surface area contributed by atoms with Crippen LogP contribution in [0.15, 0.2) is 42.5 Å². The first-order chi connectivity index (χ1) is 12.7. The van der Waals surface area contributed by atoms with Crippen LogP contribution in [0, 0.1) is 5.92 Å². The average molecular weight is 390 g/mol. The lowest BCUT2D eigenvalue weighted by Crippen LogP contribution is -2.34. The van der Waals surface area contributed by atoms with E-state index in [1.165, 1.54) is 12.8 Å². The quantitative estimate of drug-likeness (QED) is 0.682. The van der Waals surface area contributed by atoms with E-state index in [4.69, 9.17) is 0 Å². The van der Waals surface area contributed by atoms with Crippen molar-refractivity contribution in [2.45, 2.75) is 25.7 Å². The summed E-state index contributed by atoms with van der Waals surface area (Å²) in [5.41, 5.74) is 0.619. The number of carbonyl (C=O) groups is 2. The highest BCUT2D eigenvalue weighted by Gasteiger charge is 2.13. The van der Waals surface area contributed by atoms with E-state index in [0.717, 1.165) is 30.3 Å². The van der Waals surface area contributed by atoms with Gasteiger partial charge in [-0.3, -0.25) is 9.59 Å². The first kappa shape index (κ1) is 21.2. The highest BCUT2D eigenvalue weighted by Crippen LogP contribution is 2.15. The number of piperidine rings is 1. The molecule has 1 fully saturated rings. The Labute approximate surface area is 166 Å². The van der Waals surface area contributed by atoms with Crippen LogP contribution in [-0.2, 0) is 4.79 Å². The summed E-state index contributed by atoms with van der Waals surface area (Å²) in [7, 11) is 0. The van der Waals surface area contributed by atoms with Crippen molar-refractivity contribution in [2.75, 3.05) is 26.2 Å². The molecule has 1 saturated heterocycles. The van der Waals surface area contributed by atoms with Gasteiger partial charge in [0.25, 0.3) is 5.91 Å². The zero-order valence-electron chi connectivity index (χ0n) is 15.5. The van der Waals surface area contributed by atoms with E-state index in [1.54, 1.807) is 0 Å². The molecular formula is C21H28ClN3O2. The summed E-state index contributed by atoms with van der Waals surface area (Å²) in [6.45, 7) is 3.23. The molecule has 0 aromatic heterocycles. The van der Waals surface area contributed by atoms with Gasteiger partial charge in [0.05, 0.1) is 0 Å². The maximum absolute atomic E-state index is 12.2. The van der Waals surface area contributed by atoms with Gasteiger partial charge in [-0.25, -0.2) is 0 Å². The van der Waals surface area contributed by atoms with Gasteiger partial charge in [0.2, 0.25) is 5.91 Å². The Morgan fingerprint density at radius 1 is 1.04 bits per heavy atom. The Balaban J connectivity index is 0.00000261. The number of benzene rings is 2. The van der Waals surface area contributed by atoms with Gasteiger partial charge in [-0.2, -0.15) is 0 Å². The molecular weight excluding hydrogens is 362 g/mol. The minimum atomic E-state index is -0.142. The molecule has 0 spiro atoms. The number of rotatable bonds is 7. The Morgan fingerprint density at radius 3 is 2.63 bits per heavy atom. The highest BCUT2D eigenvalue weighted by molar-refractivity contribution is 5.98. The second-order valence-corrected chi connectivity index (χ2v) is 6.92. The van der Waals surface area contributed by atoms with Crippen LogP contribution in [0.2, 0.25) is 0 Å². The van der Waals surface area contributed by atoms with Gasteiger partial charge in [0.1, 0.15) is 0 Å². The fourth-order valence-corrected chi connectivity index (χ4v) is 3.40. The summed E-state index contributed by atoms with van der Waals surface area (Å²) in [6, 6.07) is 13.6. The smallest absolute Gasteiger partial charge is 0.251 e. The van der Waals surface area contributed by atoms with Gasteiger partial charge in [0, 0.05) is 25.1 Å². The first-order valence-electron chi connectivity index (χ1n) is 9.47. The van der Waals surface area contributed by atoms with E-state index in [0.29, 0.717) is 31.0 Å². The van der Waals surface area contributed by atoms with Crippen LogP contribution in [0.25, 0.3) is 10.8 Å². The lowest BCUT2D eigenvalue weighted by molar-refractivity contribution is -0.121. The Morgan fingerprint density at radius 2 is 1.85 bits per heavy atom. The SMILES string of the molecule is Cl.O=C(CCNC(=O)c1ccc2ccccc2c1)NCCC1CCCNC1. The van der Waals surface area contributed by atoms with E-state index < -0.39 is 0 Å². The van der Waals surface area contributed by atoms with Crippen molar-refractivity contribution in [3.8, 4) is 0 Å². The third kappa shape index (κ3) is 6.52. The summed E-state index contributed by atoms with van der Waals surface area (Å²) in [5, 5.41) is 11.3. The molecule has 1 atom stereocenters. The molecule has 0 saturated carbocycles. The summed E-state index contributed by atoms with van der Waals surface area (Å²) < 4.78 is 0. The molecule has 6 heteroatoms. The monoisotopic (exact) mass is 389 g/mol. The second kappa shape index (κ2) is 10.9. The van der Waals surface area contributed by atoms with Crippen molar-refractivity contribution >= 4 is 35.0 Å². The minimum absolute atomic E-state index is 0. The zero-order chi connectivity index (χ0) is 18.2. The van der Waals surface area contributed by atoms with Crippen molar-refractivity contribution in [1.29, 1.82) is 0 Å². The second-order valence-electron chi connectivity index (χ2n) is 6.92. The standard InChI is InChI=1S/C21H27N3O2.ClH/c25-20(23-12-9-16-4-3-11-22-15-16)10-13-24-21(26)19-8-7-17-5-1-2-6-18(17)14-19;/h1-2,5-8,14,16,22H,3-4,9-13,15H2,(H,23,25)(H,24,26);1H. The third-order valence-electron chi connectivity index (χ3n) is 4.92. The van der Waals surface area contributed by atoms with Gasteiger partial charge in [0.15, 0.2) is 0 Å². The fourth-order valence-electron chi connectivity index (χ4n) is 3.40. The van der Waals surface area contributed by atoms with E-state index in [-0.39, 0.29) is 24.2 Å². The van der Waals surface area contributed by atoms with Crippen LogP contribution < -0.4 is 16.0 Å². The summed E-state index contributed by atoms with van der Waals surface area (Å²) in [6.07, 6.45) is 3.79. The van der Waals surface area contributed by atoms with Gasteiger partial charge in [-0.1, -0.05) is 30.3 Å². The van der Waals surface area contributed by atoms with Crippen molar-refractivity contribution in [1.82, 2.24) is 16.0 Å². The predicted molar refractivity (Wildman–Crippen MR) is 111 cm³/mol. The number of halogens is 1. The first-order valence-corrected chi connectivity index (χ1v) is 9.47. The summed E-state index contributed by atoms with van der Waals surface area (Å²) in [4.78, 5) is 24.1. The molecule has 2 aromatic carbocycles. The lowest BCUT2D eigenvalue weighted by Gasteiger charge is -2.22. The molecule has 1 aliphatic rings. The van der Waals surface area contributed by atoms with Crippen LogP contribution in [0.3, 0.4) is 0 Å². The van der Waals surface area contributed by atoms with Crippen LogP contribution in [0.4, 0.5) is 0 Å². The number of hydrogen-bond acceptors (Lipinski definition) is 3.